The molecule has 0 amide bonds. The first-order chi connectivity index (χ1) is 13.9. The minimum atomic E-state index is 0.963. The molecule has 6 aromatic rings. The summed E-state index contributed by atoms with van der Waals surface area (Å²) in [7, 11) is 0. The van der Waals surface area contributed by atoms with Gasteiger partial charge in [-0.1, -0.05) is 60.7 Å². The zero-order chi connectivity index (χ0) is 18.5. The van der Waals surface area contributed by atoms with Crippen molar-refractivity contribution in [1.82, 2.24) is 9.67 Å². The molecule has 0 atom stereocenters. The van der Waals surface area contributed by atoms with Crippen molar-refractivity contribution in [1.29, 1.82) is 0 Å². The van der Waals surface area contributed by atoms with Crippen LogP contribution < -0.4 is 4.68 Å². The molecule has 0 aliphatic heterocycles. The highest BCUT2D eigenvalue weighted by atomic mass is 32.1. The van der Waals surface area contributed by atoms with Crippen molar-refractivity contribution >= 4 is 43.2 Å². The summed E-state index contributed by atoms with van der Waals surface area (Å²) in [4.78, 5) is 4.91. The Morgan fingerprint density at radius 3 is 2.39 bits per heavy atom. The largest absolute Gasteiger partial charge is 0.407 e. The Kier molecular flexibility index (Phi) is 3.34. The van der Waals surface area contributed by atoms with E-state index in [1.54, 1.807) is 11.3 Å². The maximum absolute atomic E-state index is 4.91. The third kappa shape index (κ3) is 2.28. The molecule has 0 fully saturated rings. The summed E-state index contributed by atoms with van der Waals surface area (Å²) in [5.74, 6) is 0. The van der Waals surface area contributed by atoms with Crippen LogP contribution in [0.1, 0.15) is 0 Å². The molecule has 0 aliphatic rings. The quantitative estimate of drug-likeness (QED) is 0.356. The average Bonchev–Trinajstić information content (AvgIpc) is 3.36. The molecule has 0 saturated carbocycles. The molecule has 4 heteroatoms. The zero-order valence-electron chi connectivity index (χ0n) is 15.0. The van der Waals surface area contributed by atoms with E-state index < -0.39 is 0 Å². The number of hydrogen-bond donors (Lipinski definition) is 0. The van der Waals surface area contributed by atoms with Crippen molar-refractivity contribution in [2.45, 2.75) is 0 Å². The molecule has 2 aromatic heterocycles. The average molecular weight is 378 g/mol. The summed E-state index contributed by atoms with van der Waals surface area (Å²) in [6, 6.07) is 31.7. The minimum absolute atomic E-state index is 0.963. The lowest BCUT2D eigenvalue weighted by Gasteiger charge is -2.05. The molecule has 6 rings (SSSR count). The number of fused-ring (bicyclic) bond motifs is 4. The second-order valence-corrected chi connectivity index (χ2v) is 7.81. The Morgan fingerprint density at radius 1 is 0.714 bits per heavy atom. The van der Waals surface area contributed by atoms with Gasteiger partial charge in [-0.2, -0.15) is 4.68 Å². The first-order valence-corrected chi connectivity index (χ1v) is 10.1. The van der Waals surface area contributed by atoms with Crippen LogP contribution in [0.5, 0.6) is 0 Å². The van der Waals surface area contributed by atoms with Crippen molar-refractivity contribution < 1.29 is 4.68 Å². The molecular weight excluding hydrogens is 362 g/mol. The van der Waals surface area contributed by atoms with Crippen LogP contribution in [0.25, 0.3) is 42.7 Å². The Labute approximate surface area is 165 Å². The highest BCUT2D eigenvalue weighted by Crippen LogP contribution is 2.28. The number of rotatable bonds is 2. The van der Waals surface area contributed by atoms with Crippen molar-refractivity contribution in [2.24, 2.45) is 0 Å². The second kappa shape index (κ2) is 6.01. The van der Waals surface area contributed by atoms with Crippen molar-refractivity contribution in [3.05, 3.63) is 97.2 Å². The van der Waals surface area contributed by atoms with Crippen molar-refractivity contribution in [2.75, 3.05) is 0 Å². The predicted molar refractivity (Wildman–Crippen MR) is 115 cm³/mol. The van der Waals surface area contributed by atoms with E-state index in [0.717, 1.165) is 16.3 Å². The fraction of sp³-hybridized carbons (Fsp3) is 0. The molecule has 4 aromatic carbocycles. The molecule has 0 saturated heterocycles. The first kappa shape index (κ1) is 15.5. The van der Waals surface area contributed by atoms with Crippen LogP contribution in [-0.4, -0.2) is 9.67 Å². The number of hydrogen-bond acceptors (Lipinski definition) is 2. The minimum Gasteiger partial charge on any atom is -0.178 e. The molecule has 0 bridgehead atoms. The Hall–Kier alpha value is -3.50. The number of nitrogens with zero attached hydrogens (tertiary/aromatic N) is 3. The van der Waals surface area contributed by atoms with Gasteiger partial charge in [0, 0.05) is 0 Å². The van der Waals surface area contributed by atoms with E-state index in [1.807, 2.05) is 12.1 Å². The van der Waals surface area contributed by atoms with E-state index in [1.165, 1.54) is 26.4 Å². The Morgan fingerprint density at radius 2 is 1.50 bits per heavy atom. The van der Waals surface area contributed by atoms with E-state index in [9.17, 15) is 0 Å². The van der Waals surface area contributed by atoms with Gasteiger partial charge in [-0.3, -0.25) is 0 Å². The molecule has 0 radical (unpaired) electrons. The summed E-state index contributed by atoms with van der Waals surface area (Å²) in [6.45, 7) is 0. The monoisotopic (exact) mass is 378 g/mol. The van der Waals surface area contributed by atoms with Gasteiger partial charge in [0.1, 0.15) is 6.20 Å². The fourth-order valence-electron chi connectivity index (χ4n) is 3.83. The molecule has 0 aliphatic carbocycles. The maximum atomic E-state index is 4.91. The van der Waals surface area contributed by atoms with E-state index in [2.05, 4.69) is 94.4 Å². The SMILES string of the molecule is c1ccc(-n2c3ccc4ccccc4c3c[n+]2-c2nc3ccccc3s2)cc1. The summed E-state index contributed by atoms with van der Waals surface area (Å²) < 4.78 is 5.62. The Bertz CT molecular complexity index is 1430. The van der Waals surface area contributed by atoms with Crippen LogP contribution in [0, 0.1) is 0 Å². The summed E-state index contributed by atoms with van der Waals surface area (Å²) in [5, 5.41) is 4.69. The third-order valence-corrected chi connectivity index (χ3v) is 6.15. The van der Waals surface area contributed by atoms with Crippen LogP contribution in [0.2, 0.25) is 0 Å². The lowest BCUT2D eigenvalue weighted by atomic mass is 10.1. The van der Waals surface area contributed by atoms with Crippen LogP contribution in [0.3, 0.4) is 0 Å². The van der Waals surface area contributed by atoms with Crippen LogP contribution in [-0.2, 0) is 0 Å². The third-order valence-electron chi connectivity index (χ3n) is 5.12. The van der Waals surface area contributed by atoms with Gasteiger partial charge in [0.25, 0.3) is 0 Å². The smallest absolute Gasteiger partial charge is 0.178 e. The molecule has 2 heterocycles. The lowest BCUT2D eigenvalue weighted by molar-refractivity contribution is -0.671. The highest BCUT2D eigenvalue weighted by molar-refractivity contribution is 7.20. The lowest BCUT2D eigenvalue weighted by Crippen LogP contribution is -2.38. The van der Waals surface area contributed by atoms with Crippen LogP contribution in [0.4, 0.5) is 0 Å². The topological polar surface area (TPSA) is 21.7 Å². The standard InChI is InChI=1S/C24H16N3S/c1-2-9-18(10-3-1)27-22-15-14-17-8-4-5-11-19(17)20(22)16-26(27)24-25-21-12-6-7-13-23(21)28-24/h1-16H/q+1. The van der Waals surface area contributed by atoms with Gasteiger partial charge in [-0.15, -0.1) is 4.68 Å². The predicted octanol–water partition coefficient (Wildman–Crippen LogP) is 5.67. The van der Waals surface area contributed by atoms with E-state index >= 15 is 0 Å². The van der Waals surface area contributed by atoms with E-state index in [-0.39, 0.29) is 0 Å². The van der Waals surface area contributed by atoms with Crippen LogP contribution in [0.15, 0.2) is 97.2 Å². The number of para-hydroxylation sites is 2. The van der Waals surface area contributed by atoms with Crippen molar-refractivity contribution in [3.8, 4) is 10.8 Å². The van der Waals surface area contributed by atoms with Gasteiger partial charge in [-0.05, 0) is 57.4 Å². The van der Waals surface area contributed by atoms with Gasteiger partial charge in [0.2, 0.25) is 0 Å². The van der Waals surface area contributed by atoms with Gasteiger partial charge in [0.15, 0.2) is 5.52 Å². The summed E-state index contributed by atoms with van der Waals surface area (Å²) in [5.41, 5.74) is 3.32. The zero-order valence-corrected chi connectivity index (χ0v) is 15.8. The van der Waals surface area contributed by atoms with Gasteiger partial charge in [-0.25, -0.2) is 0 Å². The first-order valence-electron chi connectivity index (χ1n) is 9.25. The molecule has 3 nitrogen and oxygen atoms in total. The van der Waals surface area contributed by atoms with Crippen LogP contribution >= 0.6 is 11.3 Å². The summed E-state index contributed by atoms with van der Waals surface area (Å²) >= 11 is 1.71. The Balaban J connectivity index is 1.74. The second-order valence-electron chi connectivity index (χ2n) is 6.80. The normalized spacial score (nSPS) is 11.6. The van der Waals surface area contributed by atoms with Crippen molar-refractivity contribution in [3.63, 3.8) is 0 Å². The molecule has 0 spiro atoms. The highest BCUT2D eigenvalue weighted by Gasteiger charge is 2.23. The molecule has 28 heavy (non-hydrogen) atoms. The number of thiazole rings is 1. The van der Waals surface area contributed by atoms with Gasteiger partial charge < -0.3 is 0 Å². The molecule has 0 N–H and O–H groups in total. The maximum Gasteiger partial charge on any atom is 0.407 e. The molecule has 132 valence electrons. The van der Waals surface area contributed by atoms with Gasteiger partial charge >= 0.3 is 5.13 Å². The van der Waals surface area contributed by atoms with E-state index in [0.29, 0.717) is 0 Å². The number of benzene rings is 4. The molecular formula is C24H16N3S+. The number of aromatic nitrogens is 3. The summed E-state index contributed by atoms with van der Waals surface area (Å²) in [6.07, 6.45) is 2.21. The molecule has 0 unspecified atom stereocenters. The fourth-order valence-corrected chi connectivity index (χ4v) is 4.77. The van der Waals surface area contributed by atoms with E-state index in [4.69, 9.17) is 4.98 Å². The van der Waals surface area contributed by atoms with Gasteiger partial charge in [0.05, 0.1) is 21.3 Å².